The number of rotatable bonds is 4. The fourth-order valence-corrected chi connectivity index (χ4v) is 1.59. The minimum absolute atomic E-state index is 0.00449. The second-order valence-corrected chi connectivity index (χ2v) is 3.16. The predicted molar refractivity (Wildman–Crippen MR) is 43.8 cm³/mol. The van der Waals surface area contributed by atoms with E-state index in [9.17, 15) is 4.39 Å². The van der Waals surface area contributed by atoms with Crippen molar-refractivity contribution in [3.05, 3.63) is 0 Å². The number of methoxy groups -OCH3 is 1. The van der Waals surface area contributed by atoms with Gasteiger partial charge in [-0.15, -0.1) is 0 Å². The summed E-state index contributed by atoms with van der Waals surface area (Å²) >= 11 is 0. The average Bonchev–Trinajstić information content (AvgIpc) is 2.42. The molecule has 0 aromatic rings. The molecule has 1 saturated heterocycles. The summed E-state index contributed by atoms with van der Waals surface area (Å²) < 4.78 is 17.7. The Labute approximate surface area is 72.1 Å². The second-order valence-electron chi connectivity index (χ2n) is 3.16. The van der Waals surface area contributed by atoms with E-state index in [1.807, 2.05) is 4.90 Å². The van der Waals surface area contributed by atoms with Crippen molar-refractivity contribution in [3.8, 4) is 0 Å². The van der Waals surface area contributed by atoms with Gasteiger partial charge in [0.15, 0.2) is 0 Å². The highest BCUT2D eigenvalue weighted by Crippen LogP contribution is 2.19. The largest absolute Gasteiger partial charge is 0.395 e. The molecule has 2 atom stereocenters. The maximum Gasteiger partial charge on any atom is 0.114 e. The molecular weight excluding hydrogens is 161 g/mol. The van der Waals surface area contributed by atoms with Gasteiger partial charge in [0.2, 0.25) is 0 Å². The number of hydrogen-bond donors (Lipinski definition) is 1. The summed E-state index contributed by atoms with van der Waals surface area (Å²) in [6.07, 6.45) is -0.320. The van der Waals surface area contributed by atoms with Crippen LogP contribution in [0.3, 0.4) is 0 Å². The van der Waals surface area contributed by atoms with Gasteiger partial charge in [-0.2, -0.15) is 0 Å². The molecule has 1 N–H and O–H groups in total. The van der Waals surface area contributed by atoms with E-state index in [1.165, 1.54) is 0 Å². The first kappa shape index (κ1) is 9.89. The molecule has 3 nitrogen and oxygen atoms in total. The Morgan fingerprint density at radius 3 is 3.00 bits per heavy atom. The van der Waals surface area contributed by atoms with Gasteiger partial charge in [0.05, 0.1) is 13.2 Å². The first-order chi connectivity index (χ1) is 5.77. The van der Waals surface area contributed by atoms with E-state index >= 15 is 0 Å². The first-order valence-corrected chi connectivity index (χ1v) is 4.26. The number of aliphatic hydroxyl groups is 1. The number of alkyl halides is 1. The molecule has 1 aliphatic heterocycles. The van der Waals surface area contributed by atoms with E-state index in [0.29, 0.717) is 26.1 Å². The van der Waals surface area contributed by atoms with Gasteiger partial charge in [0.25, 0.3) is 0 Å². The summed E-state index contributed by atoms with van der Waals surface area (Å²) in [5.41, 5.74) is 0. The van der Waals surface area contributed by atoms with Crippen molar-refractivity contribution in [3.63, 3.8) is 0 Å². The molecular formula is C8H16FNO2. The van der Waals surface area contributed by atoms with Crippen molar-refractivity contribution in [1.82, 2.24) is 4.90 Å². The molecule has 0 amide bonds. The van der Waals surface area contributed by atoms with Gasteiger partial charge in [0, 0.05) is 26.2 Å². The van der Waals surface area contributed by atoms with Gasteiger partial charge in [-0.25, -0.2) is 4.39 Å². The Hall–Kier alpha value is -0.190. The molecule has 4 heteroatoms. The third kappa shape index (κ3) is 2.40. The van der Waals surface area contributed by atoms with Crippen molar-refractivity contribution in [2.45, 2.75) is 18.6 Å². The number of nitrogens with zero attached hydrogens (tertiary/aromatic N) is 1. The molecule has 1 aliphatic rings. The Morgan fingerprint density at radius 1 is 1.67 bits per heavy atom. The van der Waals surface area contributed by atoms with E-state index < -0.39 is 6.17 Å². The van der Waals surface area contributed by atoms with Crippen molar-refractivity contribution < 1.29 is 14.2 Å². The van der Waals surface area contributed by atoms with Gasteiger partial charge in [0.1, 0.15) is 6.17 Å². The lowest BCUT2D eigenvalue weighted by Crippen LogP contribution is -2.34. The van der Waals surface area contributed by atoms with Crippen LogP contribution in [0.4, 0.5) is 4.39 Å². The fraction of sp³-hybridized carbons (Fsp3) is 1.00. The van der Waals surface area contributed by atoms with E-state index in [-0.39, 0.29) is 12.6 Å². The highest BCUT2D eigenvalue weighted by molar-refractivity contribution is 4.84. The number of aliphatic hydroxyl groups excluding tert-OH is 1. The van der Waals surface area contributed by atoms with Crippen molar-refractivity contribution in [1.29, 1.82) is 0 Å². The highest BCUT2D eigenvalue weighted by Gasteiger charge is 2.30. The molecule has 0 radical (unpaired) electrons. The van der Waals surface area contributed by atoms with Crippen LogP contribution < -0.4 is 0 Å². The molecule has 1 heterocycles. The molecule has 0 saturated carbocycles. The summed E-state index contributed by atoms with van der Waals surface area (Å²) in [6, 6.07) is -0.00449. The SMILES string of the molecule is COCCN1C[C@H](F)CC1CO. The Morgan fingerprint density at radius 2 is 2.42 bits per heavy atom. The lowest BCUT2D eigenvalue weighted by Gasteiger charge is -2.21. The van der Waals surface area contributed by atoms with Crippen LogP contribution in [0.25, 0.3) is 0 Å². The Kier molecular flexibility index (Phi) is 3.91. The standard InChI is InChI=1S/C8H16FNO2/c1-12-3-2-10-5-7(9)4-8(10)6-11/h7-8,11H,2-6H2,1H3/t7-,8?/m1/s1. The Bertz CT molecular complexity index is 134. The summed E-state index contributed by atoms with van der Waals surface area (Å²) in [5, 5.41) is 8.90. The van der Waals surface area contributed by atoms with Gasteiger partial charge in [-0.3, -0.25) is 4.90 Å². The lowest BCUT2D eigenvalue weighted by molar-refractivity contribution is 0.112. The van der Waals surface area contributed by atoms with E-state index in [0.717, 1.165) is 0 Å². The van der Waals surface area contributed by atoms with Gasteiger partial charge in [-0.05, 0) is 6.42 Å². The van der Waals surface area contributed by atoms with Gasteiger partial charge < -0.3 is 9.84 Å². The third-order valence-corrected chi connectivity index (χ3v) is 2.27. The molecule has 0 aliphatic carbocycles. The third-order valence-electron chi connectivity index (χ3n) is 2.27. The maximum atomic E-state index is 12.8. The van der Waals surface area contributed by atoms with E-state index in [4.69, 9.17) is 9.84 Å². The second kappa shape index (κ2) is 4.74. The topological polar surface area (TPSA) is 32.7 Å². The zero-order chi connectivity index (χ0) is 8.97. The number of likely N-dealkylation sites (tertiary alicyclic amines) is 1. The van der Waals surface area contributed by atoms with Gasteiger partial charge >= 0.3 is 0 Å². The zero-order valence-electron chi connectivity index (χ0n) is 7.37. The van der Waals surface area contributed by atoms with Crippen molar-refractivity contribution in [2.75, 3.05) is 33.4 Å². The van der Waals surface area contributed by atoms with Crippen LogP contribution in [-0.2, 0) is 4.74 Å². The predicted octanol–water partition coefficient (Wildman–Crippen LogP) is 0.0375. The van der Waals surface area contributed by atoms with E-state index in [2.05, 4.69) is 0 Å². The normalized spacial score (nSPS) is 31.2. The molecule has 1 rings (SSSR count). The first-order valence-electron chi connectivity index (χ1n) is 4.26. The zero-order valence-corrected chi connectivity index (χ0v) is 7.37. The summed E-state index contributed by atoms with van der Waals surface area (Å²) in [4.78, 5) is 1.94. The average molecular weight is 177 g/mol. The molecule has 72 valence electrons. The molecule has 1 fully saturated rings. The minimum Gasteiger partial charge on any atom is -0.395 e. The molecule has 0 bridgehead atoms. The van der Waals surface area contributed by atoms with Crippen LogP contribution in [0.15, 0.2) is 0 Å². The van der Waals surface area contributed by atoms with Crippen molar-refractivity contribution in [2.24, 2.45) is 0 Å². The molecule has 0 spiro atoms. The van der Waals surface area contributed by atoms with Crippen LogP contribution in [0.2, 0.25) is 0 Å². The summed E-state index contributed by atoms with van der Waals surface area (Å²) in [5.74, 6) is 0. The minimum atomic E-state index is -0.779. The molecule has 0 aromatic heterocycles. The highest BCUT2D eigenvalue weighted by atomic mass is 19.1. The maximum absolute atomic E-state index is 12.8. The number of halogens is 1. The lowest BCUT2D eigenvalue weighted by atomic mass is 10.2. The Balaban J connectivity index is 2.30. The molecule has 1 unspecified atom stereocenters. The summed E-state index contributed by atoms with van der Waals surface area (Å²) in [6.45, 7) is 1.80. The van der Waals surface area contributed by atoms with E-state index in [1.54, 1.807) is 7.11 Å². The number of hydrogen-bond acceptors (Lipinski definition) is 3. The van der Waals surface area contributed by atoms with Crippen molar-refractivity contribution >= 4 is 0 Å². The fourth-order valence-electron chi connectivity index (χ4n) is 1.59. The van der Waals surface area contributed by atoms with Crippen LogP contribution in [-0.4, -0.2) is 55.6 Å². The van der Waals surface area contributed by atoms with Crippen LogP contribution >= 0.6 is 0 Å². The van der Waals surface area contributed by atoms with Crippen LogP contribution in [0, 0.1) is 0 Å². The summed E-state index contributed by atoms with van der Waals surface area (Å²) in [7, 11) is 1.62. The quantitative estimate of drug-likeness (QED) is 0.658. The van der Waals surface area contributed by atoms with Crippen LogP contribution in [0.5, 0.6) is 0 Å². The van der Waals surface area contributed by atoms with Gasteiger partial charge in [-0.1, -0.05) is 0 Å². The smallest absolute Gasteiger partial charge is 0.114 e. The molecule has 0 aromatic carbocycles. The number of ether oxygens (including phenoxy) is 1. The monoisotopic (exact) mass is 177 g/mol. The van der Waals surface area contributed by atoms with Crippen LogP contribution in [0.1, 0.15) is 6.42 Å². The molecule has 12 heavy (non-hydrogen) atoms.